The number of fused-ring (bicyclic) bond motifs is 1. The molecule has 4 N–H and O–H groups in total. The highest BCUT2D eigenvalue weighted by Gasteiger charge is 2.25. The average Bonchev–Trinajstić information content (AvgIpc) is 2.93. The maximum absolute atomic E-state index is 13.8. The zero-order chi connectivity index (χ0) is 25.8. The van der Waals surface area contributed by atoms with Crippen LogP contribution in [0.4, 0.5) is 5.69 Å². The topological polar surface area (TPSA) is 109 Å². The molecule has 0 spiro atoms. The Labute approximate surface area is 241 Å². The van der Waals surface area contributed by atoms with Gasteiger partial charge in [0.25, 0.3) is 10.0 Å². The lowest BCUT2D eigenvalue weighted by Crippen LogP contribution is -2.34. The number of rotatable bonds is 8. The van der Waals surface area contributed by atoms with Crippen molar-refractivity contribution in [2.24, 2.45) is 5.73 Å². The second-order valence-electron chi connectivity index (χ2n) is 9.20. The third-order valence-electron chi connectivity index (χ3n) is 6.59. The number of anilines is 1. The second-order valence-corrected chi connectivity index (χ2v) is 11.1. The van der Waals surface area contributed by atoms with Crippen molar-refractivity contribution in [1.29, 1.82) is 5.41 Å². The van der Waals surface area contributed by atoms with E-state index in [2.05, 4.69) is 5.32 Å². The van der Waals surface area contributed by atoms with Gasteiger partial charge in [-0.05, 0) is 90.8 Å². The molecule has 10 heteroatoms. The van der Waals surface area contributed by atoms with Crippen molar-refractivity contribution in [3.8, 4) is 5.75 Å². The van der Waals surface area contributed by atoms with Crippen LogP contribution < -0.4 is 20.1 Å². The summed E-state index contributed by atoms with van der Waals surface area (Å²) >= 11 is 0. The van der Waals surface area contributed by atoms with Gasteiger partial charge in [-0.2, -0.15) is 0 Å². The fourth-order valence-corrected chi connectivity index (χ4v) is 6.03. The van der Waals surface area contributed by atoms with Crippen molar-refractivity contribution < 1.29 is 13.2 Å². The number of halogens is 2. The number of nitrogen functional groups attached to an aromatic ring is 1. The molecule has 39 heavy (non-hydrogen) atoms. The monoisotopic (exact) mass is 586 g/mol. The zero-order valence-electron chi connectivity index (χ0n) is 21.2. The van der Waals surface area contributed by atoms with E-state index >= 15 is 0 Å². The van der Waals surface area contributed by atoms with Gasteiger partial charge in [-0.15, -0.1) is 24.8 Å². The number of hydrogen-bond acceptors (Lipinski definition) is 5. The van der Waals surface area contributed by atoms with Crippen molar-refractivity contribution in [3.05, 3.63) is 102 Å². The highest BCUT2D eigenvalue weighted by atomic mass is 35.5. The second kappa shape index (κ2) is 13.2. The predicted octanol–water partition coefficient (Wildman–Crippen LogP) is 5.49. The summed E-state index contributed by atoms with van der Waals surface area (Å²) in [7, 11) is -3.84. The first-order valence-corrected chi connectivity index (χ1v) is 13.8. The standard InChI is InChI=1S/C29H30N4O3S.2ClH/c30-29(31)23-9-8-22-7-6-21(18-24(22)19-23)20-33(37(34,35)28-4-2-1-3-5-28)25-10-12-26(13-11-25)36-27-14-16-32-17-15-27;;/h1-13,18-19,27,32H,14-17,20H2,(H3,30,31);2*1H. The van der Waals surface area contributed by atoms with E-state index in [1.807, 2.05) is 48.5 Å². The Hall–Kier alpha value is -3.30. The van der Waals surface area contributed by atoms with Crippen LogP contribution in [-0.2, 0) is 16.6 Å². The Morgan fingerprint density at radius 2 is 1.56 bits per heavy atom. The number of amidine groups is 1. The van der Waals surface area contributed by atoms with Gasteiger partial charge in [0.1, 0.15) is 17.7 Å². The molecule has 1 heterocycles. The molecule has 1 fully saturated rings. The Kier molecular flexibility index (Phi) is 10.2. The molecule has 7 nitrogen and oxygen atoms in total. The molecule has 0 saturated carbocycles. The van der Waals surface area contributed by atoms with Crippen LogP contribution in [0.15, 0.2) is 95.9 Å². The number of benzene rings is 4. The predicted molar refractivity (Wildman–Crippen MR) is 162 cm³/mol. The molecule has 5 rings (SSSR count). The number of nitrogens with two attached hydrogens (primary N) is 1. The molecule has 0 radical (unpaired) electrons. The summed E-state index contributed by atoms with van der Waals surface area (Å²) in [6, 6.07) is 27.1. The van der Waals surface area contributed by atoms with Crippen LogP contribution in [-0.4, -0.2) is 33.4 Å². The van der Waals surface area contributed by atoms with Crippen molar-refractivity contribution in [1.82, 2.24) is 5.32 Å². The minimum absolute atomic E-state index is 0. The lowest BCUT2D eigenvalue weighted by molar-refractivity contribution is 0.162. The van der Waals surface area contributed by atoms with E-state index in [-0.39, 0.29) is 48.2 Å². The normalized spacial score (nSPS) is 13.6. The third-order valence-corrected chi connectivity index (χ3v) is 8.37. The van der Waals surface area contributed by atoms with Crippen LogP contribution in [0.2, 0.25) is 0 Å². The third kappa shape index (κ3) is 7.02. The van der Waals surface area contributed by atoms with Crippen LogP contribution in [0, 0.1) is 5.41 Å². The highest BCUT2D eigenvalue weighted by molar-refractivity contribution is 7.92. The summed E-state index contributed by atoms with van der Waals surface area (Å²) in [4.78, 5) is 0.227. The quantitative estimate of drug-likeness (QED) is 0.187. The largest absolute Gasteiger partial charge is 0.490 e. The Morgan fingerprint density at radius 3 is 2.23 bits per heavy atom. The number of piperidine rings is 1. The van der Waals surface area contributed by atoms with Gasteiger partial charge in [0.15, 0.2) is 0 Å². The number of hydrogen-bond donors (Lipinski definition) is 3. The smallest absolute Gasteiger partial charge is 0.264 e. The minimum atomic E-state index is -3.84. The molecule has 1 aliphatic heterocycles. The molecular weight excluding hydrogens is 555 g/mol. The van der Waals surface area contributed by atoms with Crippen molar-refractivity contribution in [2.75, 3.05) is 17.4 Å². The maximum Gasteiger partial charge on any atom is 0.264 e. The van der Waals surface area contributed by atoms with Crippen molar-refractivity contribution in [3.63, 3.8) is 0 Å². The summed E-state index contributed by atoms with van der Waals surface area (Å²) in [6.45, 7) is 2.02. The first-order chi connectivity index (χ1) is 17.9. The summed E-state index contributed by atoms with van der Waals surface area (Å²) in [5.74, 6) is 0.725. The van der Waals surface area contributed by atoms with Gasteiger partial charge in [-0.25, -0.2) is 8.42 Å². The number of nitrogens with zero attached hydrogens (tertiary/aromatic N) is 1. The maximum atomic E-state index is 13.8. The number of sulfonamides is 1. The zero-order valence-corrected chi connectivity index (χ0v) is 23.7. The SMILES string of the molecule is Cl.Cl.N=C(N)c1ccc2ccc(CN(c3ccc(OC4CCNCC4)cc3)S(=O)(=O)c3ccccc3)cc2c1. The first-order valence-electron chi connectivity index (χ1n) is 12.3. The molecule has 4 aromatic carbocycles. The van der Waals surface area contributed by atoms with E-state index < -0.39 is 10.0 Å². The van der Waals surface area contributed by atoms with E-state index in [4.69, 9.17) is 15.9 Å². The van der Waals surface area contributed by atoms with Crippen molar-refractivity contribution >= 4 is 57.1 Å². The summed E-state index contributed by atoms with van der Waals surface area (Å²) < 4.78 is 35.1. The van der Waals surface area contributed by atoms with Gasteiger partial charge in [0, 0.05) is 5.56 Å². The first kappa shape index (κ1) is 30.2. The summed E-state index contributed by atoms with van der Waals surface area (Å²) in [6.07, 6.45) is 2.06. The average molecular weight is 588 g/mol. The van der Waals surface area contributed by atoms with E-state index in [1.54, 1.807) is 42.5 Å². The van der Waals surface area contributed by atoms with Crippen LogP contribution in [0.3, 0.4) is 0 Å². The van der Waals surface area contributed by atoms with E-state index in [1.165, 1.54) is 4.31 Å². The fraction of sp³-hybridized carbons (Fsp3) is 0.207. The van der Waals surface area contributed by atoms with Crippen LogP contribution >= 0.6 is 24.8 Å². The Morgan fingerprint density at radius 1 is 0.897 bits per heavy atom. The highest BCUT2D eigenvalue weighted by Crippen LogP contribution is 2.29. The van der Waals surface area contributed by atoms with Gasteiger partial charge < -0.3 is 15.8 Å². The van der Waals surface area contributed by atoms with E-state index in [9.17, 15) is 8.42 Å². The molecule has 0 aliphatic carbocycles. The number of nitrogens with one attached hydrogen (secondary N) is 2. The molecule has 1 aliphatic rings. The number of ether oxygens (including phenoxy) is 1. The summed E-state index contributed by atoms with van der Waals surface area (Å²) in [5.41, 5.74) is 7.68. The fourth-order valence-electron chi connectivity index (χ4n) is 4.56. The van der Waals surface area contributed by atoms with Gasteiger partial charge in [-0.1, -0.05) is 42.5 Å². The van der Waals surface area contributed by atoms with Gasteiger partial charge >= 0.3 is 0 Å². The van der Waals surface area contributed by atoms with Gasteiger partial charge in [-0.3, -0.25) is 9.71 Å². The molecule has 0 unspecified atom stereocenters. The molecule has 206 valence electrons. The lowest BCUT2D eigenvalue weighted by Gasteiger charge is -2.26. The Bertz CT molecular complexity index is 1510. The minimum Gasteiger partial charge on any atom is -0.490 e. The van der Waals surface area contributed by atoms with Crippen LogP contribution in [0.25, 0.3) is 10.8 Å². The van der Waals surface area contributed by atoms with E-state index in [0.717, 1.165) is 48.0 Å². The summed E-state index contributed by atoms with van der Waals surface area (Å²) in [5, 5.41) is 13.0. The lowest BCUT2D eigenvalue weighted by atomic mass is 10.0. The molecule has 4 aromatic rings. The molecule has 0 amide bonds. The molecular formula is C29H32Cl2N4O3S. The van der Waals surface area contributed by atoms with Crippen LogP contribution in [0.5, 0.6) is 5.75 Å². The van der Waals surface area contributed by atoms with Crippen molar-refractivity contribution in [2.45, 2.75) is 30.4 Å². The molecule has 0 atom stereocenters. The van der Waals surface area contributed by atoms with Gasteiger partial charge in [0.2, 0.25) is 0 Å². The van der Waals surface area contributed by atoms with Gasteiger partial charge in [0.05, 0.1) is 17.1 Å². The van der Waals surface area contributed by atoms with Crippen LogP contribution in [0.1, 0.15) is 24.0 Å². The molecule has 0 aromatic heterocycles. The molecule has 1 saturated heterocycles. The Balaban J connectivity index is 0.00000210. The van der Waals surface area contributed by atoms with E-state index in [0.29, 0.717) is 11.3 Å². The molecule has 0 bridgehead atoms.